The number of rotatable bonds is 2. The van der Waals surface area contributed by atoms with Crippen molar-refractivity contribution in [1.82, 2.24) is 4.90 Å². The number of anilines is 1. The van der Waals surface area contributed by atoms with E-state index in [1.54, 1.807) is 17.0 Å². The van der Waals surface area contributed by atoms with Crippen molar-refractivity contribution in [2.75, 3.05) is 24.5 Å². The van der Waals surface area contributed by atoms with Gasteiger partial charge in [0.2, 0.25) is 5.91 Å². The molecule has 1 amide bonds. The second-order valence-corrected chi connectivity index (χ2v) is 7.78. The molecular formula is C23H22N2O4. The van der Waals surface area contributed by atoms with E-state index in [0.29, 0.717) is 29.6 Å². The third-order valence-corrected chi connectivity index (χ3v) is 5.92. The summed E-state index contributed by atoms with van der Waals surface area (Å²) in [6, 6.07) is 13.0. The van der Waals surface area contributed by atoms with Crippen LogP contribution in [-0.2, 0) is 24.2 Å². The number of fused-ring (bicyclic) bond motifs is 4. The number of benzene rings is 2. The molecule has 3 heterocycles. The van der Waals surface area contributed by atoms with E-state index in [1.165, 1.54) is 17.2 Å². The average molecular weight is 390 g/mol. The van der Waals surface area contributed by atoms with Crippen molar-refractivity contribution >= 4 is 22.6 Å². The number of aryl methyl sites for hydroxylation is 1. The first-order valence-electron chi connectivity index (χ1n) is 9.98. The smallest absolute Gasteiger partial charge is 0.360 e. The second-order valence-electron chi connectivity index (χ2n) is 7.78. The lowest BCUT2D eigenvalue weighted by Crippen LogP contribution is -2.45. The van der Waals surface area contributed by atoms with Crippen molar-refractivity contribution < 1.29 is 14.3 Å². The average Bonchev–Trinajstić information content (AvgIpc) is 2.74. The molecule has 6 heteroatoms. The number of hydrogen-bond donors (Lipinski definition) is 1. The Morgan fingerprint density at radius 2 is 1.90 bits per heavy atom. The van der Waals surface area contributed by atoms with Gasteiger partial charge in [-0.1, -0.05) is 24.3 Å². The molecule has 29 heavy (non-hydrogen) atoms. The van der Waals surface area contributed by atoms with Crippen LogP contribution in [0.4, 0.5) is 5.69 Å². The molecule has 2 aromatic carbocycles. The van der Waals surface area contributed by atoms with E-state index in [4.69, 9.17) is 4.42 Å². The first-order chi connectivity index (χ1) is 14.1. The molecule has 1 aromatic heterocycles. The summed E-state index contributed by atoms with van der Waals surface area (Å²) in [6.07, 6.45) is 2.38. The highest BCUT2D eigenvalue weighted by atomic mass is 16.4. The SMILES string of the molecule is O=C(CN1CCc2ccccc2C1)N1CCCc2c1c(=O)oc1ccc(O)cc21. The van der Waals surface area contributed by atoms with Crippen LogP contribution in [0.2, 0.25) is 0 Å². The Balaban J connectivity index is 1.45. The number of hydrogen-bond acceptors (Lipinski definition) is 5. The first-order valence-corrected chi connectivity index (χ1v) is 9.98. The predicted molar refractivity (Wildman–Crippen MR) is 110 cm³/mol. The molecule has 0 spiro atoms. The van der Waals surface area contributed by atoms with E-state index in [9.17, 15) is 14.7 Å². The Labute approximate surface area is 168 Å². The maximum Gasteiger partial charge on any atom is 0.360 e. The normalized spacial score (nSPS) is 16.5. The quantitative estimate of drug-likeness (QED) is 0.681. The fourth-order valence-electron chi connectivity index (χ4n) is 4.51. The van der Waals surface area contributed by atoms with Crippen LogP contribution in [0.1, 0.15) is 23.1 Å². The molecule has 1 N–H and O–H groups in total. The molecule has 0 bridgehead atoms. The maximum atomic E-state index is 13.2. The number of phenols is 1. The topological polar surface area (TPSA) is 74.0 Å². The van der Waals surface area contributed by atoms with Crippen molar-refractivity contribution in [2.24, 2.45) is 0 Å². The van der Waals surface area contributed by atoms with Crippen molar-refractivity contribution in [1.29, 1.82) is 0 Å². The minimum absolute atomic E-state index is 0.0860. The van der Waals surface area contributed by atoms with Crippen LogP contribution in [0.15, 0.2) is 51.7 Å². The van der Waals surface area contributed by atoms with Gasteiger partial charge >= 0.3 is 5.63 Å². The third kappa shape index (κ3) is 3.19. The zero-order chi connectivity index (χ0) is 20.0. The van der Waals surface area contributed by atoms with Gasteiger partial charge in [0.1, 0.15) is 17.0 Å². The molecule has 0 radical (unpaired) electrons. The summed E-state index contributed by atoms with van der Waals surface area (Å²) in [5.74, 6) is 0.0288. The van der Waals surface area contributed by atoms with E-state index < -0.39 is 5.63 Å². The monoisotopic (exact) mass is 390 g/mol. The van der Waals surface area contributed by atoms with Gasteiger partial charge in [-0.05, 0) is 54.2 Å². The van der Waals surface area contributed by atoms with Gasteiger partial charge in [-0.15, -0.1) is 0 Å². The number of aromatic hydroxyl groups is 1. The maximum absolute atomic E-state index is 13.2. The summed E-state index contributed by atoms with van der Waals surface area (Å²) in [5, 5.41) is 10.6. The fourth-order valence-corrected chi connectivity index (χ4v) is 4.51. The molecular weight excluding hydrogens is 368 g/mol. The highest BCUT2D eigenvalue weighted by molar-refractivity contribution is 5.98. The summed E-state index contributed by atoms with van der Waals surface area (Å²) in [7, 11) is 0. The van der Waals surface area contributed by atoms with Crippen molar-refractivity contribution in [2.45, 2.75) is 25.8 Å². The number of nitrogens with zero attached hydrogens (tertiary/aromatic N) is 2. The molecule has 0 fully saturated rings. The Kier molecular flexibility index (Phi) is 4.36. The number of phenolic OH excluding ortho intramolecular Hbond substituents is 1. The van der Waals surface area contributed by atoms with E-state index in [1.807, 2.05) is 12.1 Å². The molecule has 5 rings (SSSR count). The summed E-state index contributed by atoms with van der Waals surface area (Å²) in [4.78, 5) is 29.6. The van der Waals surface area contributed by atoms with Gasteiger partial charge in [0.15, 0.2) is 0 Å². The van der Waals surface area contributed by atoms with Crippen LogP contribution in [0.5, 0.6) is 5.75 Å². The molecule has 0 saturated carbocycles. The molecule has 2 aliphatic rings. The molecule has 0 saturated heterocycles. The van der Waals surface area contributed by atoms with Gasteiger partial charge in [-0.3, -0.25) is 9.69 Å². The van der Waals surface area contributed by atoms with Gasteiger partial charge in [0.25, 0.3) is 0 Å². The van der Waals surface area contributed by atoms with Crippen molar-refractivity contribution in [3.63, 3.8) is 0 Å². The van der Waals surface area contributed by atoms with Crippen molar-refractivity contribution in [3.8, 4) is 5.75 Å². The van der Waals surface area contributed by atoms with Crippen LogP contribution in [0, 0.1) is 0 Å². The van der Waals surface area contributed by atoms with Gasteiger partial charge in [-0.2, -0.15) is 0 Å². The summed E-state index contributed by atoms with van der Waals surface area (Å²) >= 11 is 0. The summed E-state index contributed by atoms with van der Waals surface area (Å²) < 4.78 is 5.46. The number of carbonyl (C=O) groups excluding carboxylic acids is 1. The van der Waals surface area contributed by atoms with Crippen LogP contribution < -0.4 is 10.5 Å². The highest BCUT2D eigenvalue weighted by Crippen LogP contribution is 2.32. The minimum Gasteiger partial charge on any atom is -0.508 e. The Bertz CT molecular complexity index is 1170. The first kappa shape index (κ1) is 17.9. The largest absolute Gasteiger partial charge is 0.508 e. The molecule has 0 unspecified atom stereocenters. The Morgan fingerprint density at radius 1 is 1.07 bits per heavy atom. The van der Waals surface area contributed by atoms with Gasteiger partial charge < -0.3 is 14.4 Å². The van der Waals surface area contributed by atoms with Crippen LogP contribution >= 0.6 is 0 Å². The fraction of sp³-hybridized carbons (Fsp3) is 0.304. The highest BCUT2D eigenvalue weighted by Gasteiger charge is 2.30. The van der Waals surface area contributed by atoms with E-state index in [0.717, 1.165) is 31.5 Å². The number of carbonyl (C=O) groups is 1. The molecule has 0 atom stereocenters. The zero-order valence-electron chi connectivity index (χ0n) is 16.1. The molecule has 6 nitrogen and oxygen atoms in total. The van der Waals surface area contributed by atoms with Crippen molar-refractivity contribution in [3.05, 3.63) is 69.6 Å². The molecule has 148 valence electrons. The predicted octanol–water partition coefficient (Wildman–Crippen LogP) is 2.84. The van der Waals surface area contributed by atoms with E-state index in [2.05, 4.69) is 17.0 Å². The third-order valence-electron chi connectivity index (χ3n) is 5.92. The zero-order valence-corrected chi connectivity index (χ0v) is 16.1. The van der Waals surface area contributed by atoms with Crippen LogP contribution in [0.3, 0.4) is 0 Å². The lowest BCUT2D eigenvalue weighted by molar-refractivity contribution is -0.120. The lowest BCUT2D eigenvalue weighted by Gasteiger charge is -2.33. The molecule has 2 aliphatic heterocycles. The van der Waals surface area contributed by atoms with Gasteiger partial charge in [0.05, 0.1) is 6.54 Å². The Hall–Kier alpha value is -3.12. The summed E-state index contributed by atoms with van der Waals surface area (Å²) in [6.45, 7) is 2.34. The van der Waals surface area contributed by atoms with Gasteiger partial charge in [0, 0.05) is 25.0 Å². The van der Waals surface area contributed by atoms with E-state index in [-0.39, 0.29) is 18.2 Å². The molecule has 0 aliphatic carbocycles. The van der Waals surface area contributed by atoms with E-state index >= 15 is 0 Å². The standard InChI is InChI=1S/C23H22N2O4/c26-17-7-8-20-19(12-17)18-6-3-10-25(22(18)23(28)29-20)21(27)14-24-11-9-15-4-1-2-5-16(15)13-24/h1-2,4-5,7-8,12,26H,3,6,9-11,13-14H2. The van der Waals surface area contributed by atoms with Crippen LogP contribution in [-0.4, -0.2) is 35.5 Å². The Morgan fingerprint density at radius 3 is 2.76 bits per heavy atom. The van der Waals surface area contributed by atoms with Gasteiger partial charge in [-0.25, -0.2) is 4.79 Å². The lowest BCUT2D eigenvalue weighted by atomic mass is 9.98. The summed E-state index contributed by atoms with van der Waals surface area (Å²) in [5.41, 5.74) is 3.66. The second kappa shape index (κ2) is 7.04. The molecule has 3 aromatic rings. The minimum atomic E-state index is -0.491. The van der Waals surface area contributed by atoms with Crippen LogP contribution in [0.25, 0.3) is 11.0 Å². The number of amides is 1.